The number of nitrogens with one attached hydrogen (secondary N) is 1. The predicted octanol–water partition coefficient (Wildman–Crippen LogP) is 0.735. The first-order chi connectivity index (χ1) is 5.71. The molecule has 2 aliphatic rings. The molecule has 0 aromatic heterocycles. The van der Waals surface area contributed by atoms with Crippen LogP contribution in [0.15, 0.2) is 24.0 Å². The van der Waals surface area contributed by atoms with Gasteiger partial charge in [-0.2, -0.15) is 0 Å². The summed E-state index contributed by atoms with van der Waals surface area (Å²) in [6.07, 6.45) is 6.69. The Morgan fingerprint density at radius 1 is 1.67 bits per heavy atom. The number of rotatable bonds is 0. The highest BCUT2D eigenvalue weighted by Crippen LogP contribution is 2.28. The van der Waals surface area contributed by atoms with Gasteiger partial charge in [0.25, 0.3) is 5.91 Å². The van der Waals surface area contributed by atoms with Gasteiger partial charge in [-0.1, -0.05) is 12.2 Å². The maximum Gasteiger partial charge on any atom is 0.258 e. The first-order valence-corrected chi connectivity index (χ1v) is 4.02. The minimum Gasteiger partial charge on any atom is -0.486 e. The van der Waals surface area contributed by atoms with Crippen LogP contribution < -0.4 is 5.32 Å². The summed E-state index contributed by atoms with van der Waals surface area (Å²) in [4.78, 5) is 11.0. The van der Waals surface area contributed by atoms with Crippen LogP contribution in [-0.4, -0.2) is 18.1 Å². The van der Waals surface area contributed by atoms with Gasteiger partial charge in [-0.15, -0.1) is 0 Å². The number of hydrogen-bond donors (Lipinski definition) is 1. The topological polar surface area (TPSA) is 38.3 Å². The van der Waals surface area contributed by atoms with Crippen LogP contribution in [0.2, 0.25) is 0 Å². The van der Waals surface area contributed by atoms with Crippen molar-refractivity contribution in [1.82, 2.24) is 5.32 Å². The van der Waals surface area contributed by atoms with E-state index in [9.17, 15) is 4.79 Å². The molecule has 0 saturated carbocycles. The third-order valence-electron chi connectivity index (χ3n) is 2.23. The number of fused-ring (bicyclic) bond motifs is 1. The van der Waals surface area contributed by atoms with Crippen molar-refractivity contribution in [3.05, 3.63) is 24.0 Å². The number of hydrogen-bond acceptors (Lipinski definition) is 2. The lowest BCUT2D eigenvalue weighted by atomic mass is 9.90. The molecule has 2 rings (SSSR count). The standard InChI is InChI=1S/C9H11NO2/c1-9-5-3-2-4-7(9)12-6-8(11)10-9/h2-4H,5-6H2,1H3,(H,10,11). The van der Waals surface area contributed by atoms with Gasteiger partial charge in [-0.3, -0.25) is 4.79 Å². The van der Waals surface area contributed by atoms with Crippen LogP contribution in [0.5, 0.6) is 0 Å². The van der Waals surface area contributed by atoms with Gasteiger partial charge in [0.05, 0.1) is 5.54 Å². The molecule has 3 nitrogen and oxygen atoms in total. The molecule has 3 heteroatoms. The first-order valence-electron chi connectivity index (χ1n) is 4.02. The van der Waals surface area contributed by atoms with E-state index in [0.717, 1.165) is 12.2 Å². The summed E-state index contributed by atoms with van der Waals surface area (Å²) in [5.41, 5.74) is -0.302. The van der Waals surface area contributed by atoms with E-state index in [-0.39, 0.29) is 18.1 Å². The van der Waals surface area contributed by atoms with Crippen molar-refractivity contribution < 1.29 is 9.53 Å². The molecule has 1 atom stereocenters. The number of ether oxygens (including phenoxy) is 1. The molecule has 0 radical (unpaired) electrons. The van der Waals surface area contributed by atoms with Crippen molar-refractivity contribution >= 4 is 5.91 Å². The molecule has 0 aromatic carbocycles. The molecule has 1 heterocycles. The fourth-order valence-electron chi connectivity index (χ4n) is 1.55. The van der Waals surface area contributed by atoms with Gasteiger partial charge >= 0.3 is 0 Å². The van der Waals surface area contributed by atoms with Crippen LogP contribution in [0.4, 0.5) is 0 Å². The summed E-state index contributed by atoms with van der Waals surface area (Å²) in [5, 5.41) is 2.91. The second-order valence-electron chi connectivity index (χ2n) is 3.33. The fourth-order valence-corrected chi connectivity index (χ4v) is 1.55. The Hall–Kier alpha value is -1.25. The minimum atomic E-state index is -0.302. The lowest BCUT2D eigenvalue weighted by molar-refractivity contribution is -0.130. The van der Waals surface area contributed by atoms with E-state index in [1.54, 1.807) is 0 Å². The zero-order chi connectivity index (χ0) is 8.60. The molecule has 1 N–H and O–H groups in total. The molecule has 1 amide bonds. The molecule has 1 aliphatic carbocycles. The fraction of sp³-hybridized carbons (Fsp3) is 0.444. The van der Waals surface area contributed by atoms with Crippen molar-refractivity contribution in [2.75, 3.05) is 6.61 Å². The van der Waals surface area contributed by atoms with E-state index in [1.807, 2.05) is 25.2 Å². The van der Waals surface area contributed by atoms with Gasteiger partial charge in [0.2, 0.25) is 0 Å². The average Bonchev–Trinajstić information content (AvgIpc) is 2.02. The Balaban J connectivity index is 2.29. The second kappa shape index (κ2) is 2.37. The van der Waals surface area contributed by atoms with E-state index in [4.69, 9.17) is 4.74 Å². The first kappa shape index (κ1) is 7.40. The number of morpholine rings is 1. The lowest BCUT2D eigenvalue weighted by Crippen LogP contribution is -2.53. The number of carbonyl (C=O) groups is 1. The quantitative estimate of drug-likeness (QED) is 0.574. The van der Waals surface area contributed by atoms with E-state index in [2.05, 4.69) is 5.32 Å². The second-order valence-corrected chi connectivity index (χ2v) is 3.33. The summed E-state index contributed by atoms with van der Waals surface area (Å²) >= 11 is 0. The highest BCUT2D eigenvalue weighted by molar-refractivity contribution is 5.80. The molecule has 0 aromatic rings. The Bertz CT molecular complexity index is 280. The average molecular weight is 165 g/mol. The monoisotopic (exact) mass is 165 g/mol. The molecule has 0 spiro atoms. The minimum absolute atomic E-state index is 0.0371. The zero-order valence-electron chi connectivity index (χ0n) is 6.96. The summed E-state index contributed by atoms with van der Waals surface area (Å²) in [6.45, 7) is 2.12. The van der Waals surface area contributed by atoms with Crippen LogP contribution in [0.3, 0.4) is 0 Å². The normalized spacial score (nSPS) is 33.1. The van der Waals surface area contributed by atoms with Gasteiger partial charge in [-0.25, -0.2) is 0 Å². The summed E-state index contributed by atoms with van der Waals surface area (Å²) < 4.78 is 5.29. The Morgan fingerprint density at radius 2 is 2.50 bits per heavy atom. The van der Waals surface area contributed by atoms with Crippen LogP contribution >= 0.6 is 0 Å². The molecule has 64 valence electrons. The largest absolute Gasteiger partial charge is 0.486 e. The smallest absolute Gasteiger partial charge is 0.258 e. The highest BCUT2D eigenvalue weighted by Gasteiger charge is 2.36. The molecule has 12 heavy (non-hydrogen) atoms. The SMILES string of the molecule is CC12CC=CC=C1OCC(=O)N2. The van der Waals surface area contributed by atoms with E-state index < -0.39 is 0 Å². The lowest BCUT2D eigenvalue weighted by Gasteiger charge is -2.37. The predicted molar refractivity (Wildman–Crippen MR) is 44.3 cm³/mol. The zero-order valence-corrected chi connectivity index (χ0v) is 6.96. The van der Waals surface area contributed by atoms with Gasteiger partial charge in [-0.05, 0) is 19.4 Å². The van der Waals surface area contributed by atoms with Crippen molar-refractivity contribution in [1.29, 1.82) is 0 Å². The van der Waals surface area contributed by atoms with Crippen LogP contribution in [0.25, 0.3) is 0 Å². The summed E-state index contributed by atoms with van der Waals surface area (Å²) in [5.74, 6) is 0.828. The third kappa shape index (κ3) is 1.02. The number of amides is 1. The maximum atomic E-state index is 11.0. The maximum absolute atomic E-state index is 11.0. The van der Waals surface area contributed by atoms with Crippen LogP contribution in [0, 0.1) is 0 Å². The van der Waals surface area contributed by atoms with Gasteiger partial charge in [0.1, 0.15) is 5.76 Å². The molecule has 1 unspecified atom stereocenters. The number of allylic oxidation sites excluding steroid dienone is 2. The highest BCUT2D eigenvalue weighted by atomic mass is 16.5. The molecular weight excluding hydrogens is 154 g/mol. The van der Waals surface area contributed by atoms with Gasteiger partial charge in [0, 0.05) is 0 Å². The Morgan fingerprint density at radius 3 is 3.33 bits per heavy atom. The van der Waals surface area contributed by atoms with E-state index in [1.165, 1.54) is 0 Å². The molecule has 0 bridgehead atoms. The molecular formula is C9H11NO2. The Labute approximate surface area is 71.1 Å². The van der Waals surface area contributed by atoms with Crippen LogP contribution in [-0.2, 0) is 9.53 Å². The third-order valence-corrected chi connectivity index (χ3v) is 2.23. The van der Waals surface area contributed by atoms with Gasteiger partial charge in [0.15, 0.2) is 6.61 Å². The van der Waals surface area contributed by atoms with Crippen molar-refractivity contribution in [2.24, 2.45) is 0 Å². The van der Waals surface area contributed by atoms with E-state index in [0.29, 0.717) is 0 Å². The molecule has 1 fully saturated rings. The van der Waals surface area contributed by atoms with Crippen molar-refractivity contribution in [3.8, 4) is 0 Å². The molecule has 1 aliphatic heterocycles. The molecule has 1 saturated heterocycles. The summed E-state index contributed by atoms with van der Waals surface area (Å²) in [7, 11) is 0. The van der Waals surface area contributed by atoms with E-state index >= 15 is 0 Å². The summed E-state index contributed by atoms with van der Waals surface area (Å²) in [6, 6.07) is 0. The van der Waals surface area contributed by atoms with Crippen LogP contribution in [0.1, 0.15) is 13.3 Å². The van der Waals surface area contributed by atoms with Crippen molar-refractivity contribution in [3.63, 3.8) is 0 Å². The van der Waals surface area contributed by atoms with Crippen molar-refractivity contribution in [2.45, 2.75) is 18.9 Å². The number of carbonyl (C=O) groups excluding carboxylic acids is 1. The Kier molecular flexibility index (Phi) is 1.46. The van der Waals surface area contributed by atoms with Gasteiger partial charge < -0.3 is 10.1 Å².